The van der Waals surface area contributed by atoms with Crippen LogP contribution in [0.5, 0.6) is 0 Å². The molecule has 0 aliphatic heterocycles. The molecule has 94 valence electrons. The number of hydrogen-bond acceptors (Lipinski definition) is 2. The number of anilines is 1. The van der Waals surface area contributed by atoms with Gasteiger partial charge in [0.05, 0.1) is 0 Å². The fourth-order valence-electron chi connectivity index (χ4n) is 1.38. The molecule has 0 saturated heterocycles. The van der Waals surface area contributed by atoms with Gasteiger partial charge in [-0.05, 0) is 54.4 Å². The number of nitrogen functional groups attached to an aromatic ring is 1. The zero-order valence-corrected chi connectivity index (χ0v) is 12.3. The molecule has 3 nitrogen and oxygen atoms in total. The summed E-state index contributed by atoms with van der Waals surface area (Å²) in [6.45, 7) is 6.17. The maximum Gasteiger partial charge on any atom is 0.254 e. The lowest BCUT2D eigenvalue weighted by molar-refractivity contribution is 0.0620. The SMILES string of the molecule is CCC(C)(C)N(C)C(=O)c1ccc(Br)c(N)c1. The van der Waals surface area contributed by atoms with Crippen LogP contribution in [0, 0.1) is 0 Å². The molecule has 17 heavy (non-hydrogen) atoms. The molecule has 0 aliphatic carbocycles. The highest BCUT2D eigenvalue weighted by molar-refractivity contribution is 9.10. The second kappa shape index (κ2) is 5.08. The third-order valence-electron chi connectivity index (χ3n) is 3.32. The molecule has 0 spiro atoms. The number of carbonyl (C=O) groups is 1. The van der Waals surface area contributed by atoms with E-state index in [1.165, 1.54) is 0 Å². The Balaban J connectivity index is 3.01. The van der Waals surface area contributed by atoms with Crippen LogP contribution < -0.4 is 5.73 Å². The Morgan fingerprint density at radius 3 is 2.53 bits per heavy atom. The Hall–Kier alpha value is -1.03. The number of hydrogen-bond donors (Lipinski definition) is 1. The summed E-state index contributed by atoms with van der Waals surface area (Å²) in [4.78, 5) is 14.0. The van der Waals surface area contributed by atoms with Gasteiger partial charge < -0.3 is 10.6 Å². The molecular formula is C13H19BrN2O. The monoisotopic (exact) mass is 298 g/mol. The smallest absolute Gasteiger partial charge is 0.254 e. The van der Waals surface area contributed by atoms with Crippen molar-refractivity contribution >= 4 is 27.5 Å². The number of rotatable bonds is 3. The molecule has 1 aromatic rings. The van der Waals surface area contributed by atoms with Gasteiger partial charge in [-0.25, -0.2) is 0 Å². The fraction of sp³-hybridized carbons (Fsp3) is 0.462. The zero-order chi connectivity index (χ0) is 13.2. The van der Waals surface area contributed by atoms with Gasteiger partial charge in [0.2, 0.25) is 0 Å². The van der Waals surface area contributed by atoms with Crippen LogP contribution >= 0.6 is 15.9 Å². The van der Waals surface area contributed by atoms with Crippen molar-refractivity contribution in [2.45, 2.75) is 32.7 Å². The minimum absolute atomic E-state index is 0.00366. The number of benzene rings is 1. The highest BCUT2D eigenvalue weighted by atomic mass is 79.9. The van der Waals surface area contributed by atoms with Gasteiger partial charge in [0, 0.05) is 28.3 Å². The van der Waals surface area contributed by atoms with E-state index in [9.17, 15) is 4.79 Å². The number of halogens is 1. The highest BCUT2D eigenvalue weighted by Gasteiger charge is 2.26. The average Bonchev–Trinajstić information content (AvgIpc) is 2.30. The first-order chi connectivity index (χ1) is 7.79. The van der Waals surface area contributed by atoms with Crippen LogP contribution in [-0.4, -0.2) is 23.4 Å². The molecule has 0 fully saturated rings. The topological polar surface area (TPSA) is 46.3 Å². The molecule has 1 aromatic carbocycles. The summed E-state index contributed by atoms with van der Waals surface area (Å²) in [5.74, 6) is -0.00366. The molecule has 1 rings (SSSR count). The van der Waals surface area contributed by atoms with Gasteiger partial charge in [-0.1, -0.05) is 6.92 Å². The third kappa shape index (κ3) is 3.00. The Morgan fingerprint density at radius 1 is 1.47 bits per heavy atom. The minimum Gasteiger partial charge on any atom is -0.398 e. The Kier molecular flexibility index (Phi) is 4.20. The maximum atomic E-state index is 12.3. The number of nitrogens with zero attached hydrogens (tertiary/aromatic N) is 1. The molecule has 4 heteroatoms. The normalized spacial score (nSPS) is 11.4. The molecule has 0 atom stereocenters. The van der Waals surface area contributed by atoms with Crippen molar-refractivity contribution in [1.29, 1.82) is 0 Å². The lowest BCUT2D eigenvalue weighted by Gasteiger charge is -2.35. The van der Waals surface area contributed by atoms with Crippen molar-refractivity contribution in [3.05, 3.63) is 28.2 Å². The van der Waals surface area contributed by atoms with Gasteiger partial charge in [-0.2, -0.15) is 0 Å². The van der Waals surface area contributed by atoms with Crippen molar-refractivity contribution in [3.8, 4) is 0 Å². The number of amides is 1. The molecule has 0 saturated carbocycles. The maximum absolute atomic E-state index is 12.3. The summed E-state index contributed by atoms with van der Waals surface area (Å²) in [5, 5.41) is 0. The van der Waals surface area contributed by atoms with E-state index in [-0.39, 0.29) is 11.4 Å². The van der Waals surface area contributed by atoms with Crippen LogP contribution in [0.3, 0.4) is 0 Å². The van der Waals surface area contributed by atoms with Crippen LogP contribution in [0.15, 0.2) is 22.7 Å². The van der Waals surface area contributed by atoms with E-state index in [2.05, 4.69) is 22.9 Å². The van der Waals surface area contributed by atoms with Crippen molar-refractivity contribution in [1.82, 2.24) is 4.90 Å². The first kappa shape index (κ1) is 14.0. The van der Waals surface area contributed by atoms with Crippen LogP contribution in [0.4, 0.5) is 5.69 Å². The van der Waals surface area contributed by atoms with E-state index >= 15 is 0 Å². The van der Waals surface area contributed by atoms with Crippen molar-refractivity contribution in [2.75, 3.05) is 12.8 Å². The average molecular weight is 299 g/mol. The first-order valence-electron chi connectivity index (χ1n) is 5.62. The van der Waals surface area contributed by atoms with E-state index in [1.54, 1.807) is 23.1 Å². The molecule has 2 N–H and O–H groups in total. The summed E-state index contributed by atoms with van der Waals surface area (Å²) < 4.78 is 0.812. The lowest BCUT2D eigenvalue weighted by atomic mass is 9.99. The van der Waals surface area contributed by atoms with Gasteiger partial charge in [0.15, 0.2) is 0 Å². The molecule has 0 bridgehead atoms. The molecule has 1 amide bonds. The van der Waals surface area contributed by atoms with Crippen LogP contribution in [0.1, 0.15) is 37.6 Å². The van der Waals surface area contributed by atoms with E-state index in [0.29, 0.717) is 11.3 Å². The molecular weight excluding hydrogens is 280 g/mol. The molecule has 0 unspecified atom stereocenters. The summed E-state index contributed by atoms with van der Waals surface area (Å²) in [6, 6.07) is 5.29. The predicted octanol–water partition coefficient (Wildman–Crippen LogP) is 3.29. The highest BCUT2D eigenvalue weighted by Crippen LogP contribution is 2.23. The van der Waals surface area contributed by atoms with Gasteiger partial charge in [0.25, 0.3) is 5.91 Å². The molecule has 0 aromatic heterocycles. The lowest BCUT2D eigenvalue weighted by Crippen LogP contribution is -2.44. The third-order valence-corrected chi connectivity index (χ3v) is 4.04. The minimum atomic E-state index is -0.154. The van der Waals surface area contributed by atoms with Crippen LogP contribution in [-0.2, 0) is 0 Å². The van der Waals surface area contributed by atoms with Crippen molar-refractivity contribution in [3.63, 3.8) is 0 Å². The molecule has 0 heterocycles. The van der Waals surface area contributed by atoms with Gasteiger partial charge in [-0.15, -0.1) is 0 Å². The standard InChI is InChI=1S/C13H19BrN2O/c1-5-13(2,3)16(4)12(17)9-6-7-10(14)11(15)8-9/h6-8H,5,15H2,1-4H3. The molecule has 0 radical (unpaired) electrons. The van der Waals surface area contributed by atoms with Gasteiger partial charge in [-0.3, -0.25) is 4.79 Å². The predicted molar refractivity (Wildman–Crippen MR) is 75.0 cm³/mol. The first-order valence-corrected chi connectivity index (χ1v) is 6.42. The summed E-state index contributed by atoms with van der Waals surface area (Å²) >= 11 is 3.32. The van der Waals surface area contributed by atoms with Crippen LogP contribution in [0.25, 0.3) is 0 Å². The Morgan fingerprint density at radius 2 is 2.06 bits per heavy atom. The second-order valence-electron chi connectivity index (χ2n) is 4.77. The number of carbonyl (C=O) groups excluding carboxylic acids is 1. The van der Waals surface area contributed by atoms with Crippen molar-refractivity contribution in [2.24, 2.45) is 0 Å². The summed E-state index contributed by atoms with van der Waals surface area (Å²) in [7, 11) is 1.82. The summed E-state index contributed by atoms with van der Waals surface area (Å²) in [5.41, 5.74) is 6.83. The van der Waals surface area contributed by atoms with Gasteiger partial charge in [0.1, 0.15) is 0 Å². The van der Waals surface area contributed by atoms with Crippen molar-refractivity contribution < 1.29 is 4.79 Å². The largest absolute Gasteiger partial charge is 0.398 e. The Bertz CT molecular complexity index is 429. The molecule has 0 aliphatic rings. The zero-order valence-electron chi connectivity index (χ0n) is 10.7. The van der Waals surface area contributed by atoms with E-state index in [4.69, 9.17) is 5.73 Å². The van der Waals surface area contributed by atoms with Gasteiger partial charge >= 0.3 is 0 Å². The fourth-order valence-corrected chi connectivity index (χ4v) is 1.63. The van der Waals surface area contributed by atoms with E-state index < -0.39 is 0 Å². The van der Waals surface area contributed by atoms with Crippen LogP contribution in [0.2, 0.25) is 0 Å². The van der Waals surface area contributed by atoms with E-state index in [1.807, 2.05) is 20.9 Å². The quantitative estimate of drug-likeness (QED) is 0.871. The second-order valence-corrected chi connectivity index (χ2v) is 5.62. The Labute approximate surface area is 111 Å². The summed E-state index contributed by atoms with van der Waals surface area (Å²) in [6.07, 6.45) is 0.904. The van der Waals surface area contributed by atoms with E-state index in [0.717, 1.165) is 10.9 Å². The number of nitrogens with two attached hydrogens (primary N) is 1.